The fraction of sp³-hybridized carbons (Fsp3) is 0.250. The maximum atomic E-state index is 10.9. The summed E-state index contributed by atoms with van der Waals surface area (Å²) in [6.07, 6.45) is 1.85. The number of carbonyl (C=O) groups excluding carboxylic acids is 1. The molecule has 0 unspecified atom stereocenters. The van der Waals surface area contributed by atoms with Crippen LogP contribution in [0.4, 0.5) is 4.79 Å². The van der Waals surface area contributed by atoms with Gasteiger partial charge in [-0.25, -0.2) is 4.79 Å². The SMILES string of the molecule is COC(=O)NCCc1cn(O)c2ccccc12. The second-order valence-corrected chi connectivity index (χ2v) is 3.68. The van der Waals surface area contributed by atoms with Crippen LogP contribution in [0.5, 0.6) is 0 Å². The van der Waals surface area contributed by atoms with Crippen molar-refractivity contribution in [1.29, 1.82) is 0 Å². The molecule has 0 aliphatic rings. The van der Waals surface area contributed by atoms with Crippen molar-refractivity contribution in [1.82, 2.24) is 10.0 Å². The van der Waals surface area contributed by atoms with Crippen LogP contribution in [0.25, 0.3) is 10.9 Å². The number of nitrogens with one attached hydrogen (secondary N) is 1. The van der Waals surface area contributed by atoms with Gasteiger partial charge >= 0.3 is 6.09 Å². The van der Waals surface area contributed by atoms with Crippen molar-refractivity contribution >= 4 is 17.0 Å². The lowest BCUT2D eigenvalue weighted by Gasteiger charge is -2.02. The van der Waals surface area contributed by atoms with E-state index in [0.29, 0.717) is 13.0 Å². The summed E-state index contributed by atoms with van der Waals surface area (Å²) in [4.78, 5) is 10.9. The Hall–Kier alpha value is -2.17. The smallest absolute Gasteiger partial charge is 0.406 e. The maximum absolute atomic E-state index is 10.9. The molecule has 0 spiro atoms. The zero-order valence-electron chi connectivity index (χ0n) is 9.51. The van der Waals surface area contributed by atoms with Gasteiger partial charge in [-0.05, 0) is 18.1 Å². The Morgan fingerprint density at radius 3 is 3.00 bits per heavy atom. The average molecular weight is 234 g/mol. The highest BCUT2D eigenvalue weighted by molar-refractivity contribution is 5.83. The number of fused-ring (bicyclic) bond motifs is 1. The normalized spacial score (nSPS) is 10.4. The average Bonchev–Trinajstić information content (AvgIpc) is 2.67. The van der Waals surface area contributed by atoms with Gasteiger partial charge in [0.1, 0.15) is 0 Å². The van der Waals surface area contributed by atoms with E-state index in [4.69, 9.17) is 0 Å². The van der Waals surface area contributed by atoms with Crippen molar-refractivity contribution in [3.05, 3.63) is 36.0 Å². The van der Waals surface area contributed by atoms with E-state index in [9.17, 15) is 10.0 Å². The van der Waals surface area contributed by atoms with E-state index >= 15 is 0 Å². The lowest BCUT2D eigenvalue weighted by molar-refractivity contribution is 0.171. The van der Waals surface area contributed by atoms with Crippen LogP contribution >= 0.6 is 0 Å². The Morgan fingerprint density at radius 1 is 1.47 bits per heavy atom. The minimum absolute atomic E-state index is 0.447. The zero-order chi connectivity index (χ0) is 12.3. The highest BCUT2D eigenvalue weighted by atomic mass is 16.5. The van der Waals surface area contributed by atoms with Crippen LogP contribution in [0, 0.1) is 0 Å². The summed E-state index contributed by atoms with van der Waals surface area (Å²) < 4.78 is 5.58. The molecule has 0 aliphatic heterocycles. The summed E-state index contributed by atoms with van der Waals surface area (Å²) in [5.41, 5.74) is 1.75. The Labute approximate surface area is 98.6 Å². The summed E-state index contributed by atoms with van der Waals surface area (Å²) in [5, 5.41) is 13.2. The second kappa shape index (κ2) is 4.78. The predicted molar refractivity (Wildman–Crippen MR) is 63.2 cm³/mol. The molecule has 17 heavy (non-hydrogen) atoms. The standard InChI is InChI=1S/C12H14N2O3/c1-17-12(15)13-7-6-9-8-14(16)11-5-3-2-4-10(9)11/h2-5,8,16H,6-7H2,1H3,(H,13,15). The number of alkyl carbamates (subject to hydrolysis) is 1. The van der Waals surface area contributed by atoms with Crippen molar-refractivity contribution in [2.24, 2.45) is 0 Å². The first kappa shape index (κ1) is 11.3. The molecule has 90 valence electrons. The predicted octanol–water partition coefficient (Wildman–Crippen LogP) is 1.78. The molecule has 2 aromatic rings. The first-order valence-electron chi connectivity index (χ1n) is 5.32. The van der Waals surface area contributed by atoms with E-state index in [1.54, 1.807) is 6.20 Å². The minimum Gasteiger partial charge on any atom is -0.453 e. The Balaban J connectivity index is 2.11. The molecule has 1 amide bonds. The van der Waals surface area contributed by atoms with E-state index < -0.39 is 6.09 Å². The first-order valence-corrected chi connectivity index (χ1v) is 5.32. The Morgan fingerprint density at radius 2 is 2.24 bits per heavy atom. The van der Waals surface area contributed by atoms with Crippen LogP contribution in [0.3, 0.4) is 0 Å². The van der Waals surface area contributed by atoms with Crippen LogP contribution in [0.2, 0.25) is 0 Å². The molecule has 0 radical (unpaired) electrons. The molecule has 0 bridgehead atoms. The van der Waals surface area contributed by atoms with Gasteiger partial charge in [-0.2, -0.15) is 4.73 Å². The molecule has 2 rings (SSSR count). The Bertz CT molecular complexity index is 534. The molecule has 0 fully saturated rings. The number of nitrogens with zero attached hydrogens (tertiary/aromatic N) is 1. The van der Waals surface area contributed by atoms with Crippen molar-refractivity contribution in [3.63, 3.8) is 0 Å². The van der Waals surface area contributed by atoms with Gasteiger partial charge < -0.3 is 15.3 Å². The maximum Gasteiger partial charge on any atom is 0.406 e. The third-order valence-electron chi connectivity index (χ3n) is 2.62. The number of carbonyl (C=O) groups is 1. The Kier molecular flexibility index (Phi) is 3.18. The number of aromatic nitrogens is 1. The number of hydrogen-bond donors (Lipinski definition) is 2. The van der Waals surface area contributed by atoms with Crippen LogP contribution < -0.4 is 5.32 Å². The molecule has 1 aromatic carbocycles. The molecule has 1 heterocycles. The molecule has 5 heteroatoms. The molecule has 0 saturated heterocycles. The van der Waals surface area contributed by atoms with Crippen LogP contribution in [0.1, 0.15) is 5.56 Å². The molecular formula is C12H14N2O3. The summed E-state index contributed by atoms with van der Waals surface area (Å²) in [6, 6.07) is 7.56. The molecule has 1 aromatic heterocycles. The number of methoxy groups -OCH3 is 1. The van der Waals surface area contributed by atoms with Gasteiger partial charge in [-0.15, -0.1) is 0 Å². The number of ether oxygens (including phenoxy) is 1. The van der Waals surface area contributed by atoms with E-state index in [0.717, 1.165) is 21.2 Å². The minimum atomic E-state index is -0.447. The molecule has 5 nitrogen and oxygen atoms in total. The molecule has 2 N–H and O–H groups in total. The van der Waals surface area contributed by atoms with Crippen molar-refractivity contribution in [3.8, 4) is 0 Å². The number of para-hydroxylation sites is 1. The van der Waals surface area contributed by atoms with Crippen LogP contribution in [-0.2, 0) is 11.2 Å². The van der Waals surface area contributed by atoms with Crippen molar-refractivity contribution in [2.75, 3.05) is 13.7 Å². The van der Waals surface area contributed by atoms with Crippen molar-refractivity contribution in [2.45, 2.75) is 6.42 Å². The fourth-order valence-electron chi connectivity index (χ4n) is 1.80. The van der Waals surface area contributed by atoms with E-state index in [1.807, 2.05) is 24.3 Å². The summed E-state index contributed by atoms with van der Waals surface area (Å²) in [5.74, 6) is 0. The van der Waals surface area contributed by atoms with E-state index in [-0.39, 0.29) is 0 Å². The van der Waals surface area contributed by atoms with Crippen LogP contribution in [0.15, 0.2) is 30.5 Å². The number of hydrogen-bond acceptors (Lipinski definition) is 3. The van der Waals surface area contributed by atoms with Gasteiger partial charge in [-0.3, -0.25) is 0 Å². The molecule has 0 saturated carbocycles. The van der Waals surface area contributed by atoms with E-state index in [2.05, 4.69) is 10.1 Å². The first-order chi connectivity index (χ1) is 8.22. The zero-order valence-corrected chi connectivity index (χ0v) is 9.51. The number of rotatable bonds is 3. The third-order valence-corrected chi connectivity index (χ3v) is 2.62. The summed E-state index contributed by atoms with van der Waals surface area (Å²) >= 11 is 0. The monoisotopic (exact) mass is 234 g/mol. The molecule has 0 aliphatic carbocycles. The topological polar surface area (TPSA) is 63.5 Å². The lowest BCUT2D eigenvalue weighted by atomic mass is 10.1. The van der Waals surface area contributed by atoms with Gasteiger partial charge in [0.2, 0.25) is 0 Å². The highest BCUT2D eigenvalue weighted by Gasteiger charge is 2.07. The molecule has 0 atom stereocenters. The summed E-state index contributed by atoms with van der Waals surface area (Å²) in [6.45, 7) is 0.473. The fourth-order valence-corrected chi connectivity index (χ4v) is 1.80. The van der Waals surface area contributed by atoms with Crippen molar-refractivity contribution < 1.29 is 14.7 Å². The largest absolute Gasteiger partial charge is 0.453 e. The number of amides is 1. The van der Waals surface area contributed by atoms with Gasteiger partial charge in [0.05, 0.1) is 12.6 Å². The van der Waals surface area contributed by atoms with Gasteiger partial charge in [0.15, 0.2) is 0 Å². The van der Waals surface area contributed by atoms with Gasteiger partial charge in [0.25, 0.3) is 0 Å². The quantitative estimate of drug-likeness (QED) is 0.796. The second-order valence-electron chi connectivity index (χ2n) is 3.68. The molecular weight excluding hydrogens is 220 g/mol. The third kappa shape index (κ3) is 2.33. The highest BCUT2D eigenvalue weighted by Crippen LogP contribution is 2.20. The van der Waals surface area contributed by atoms with E-state index in [1.165, 1.54) is 7.11 Å². The van der Waals surface area contributed by atoms with Gasteiger partial charge in [0, 0.05) is 18.1 Å². The number of benzene rings is 1. The summed E-state index contributed by atoms with van der Waals surface area (Å²) in [7, 11) is 1.33. The lowest BCUT2D eigenvalue weighted by Crippen LogP contribution is -2.25. The van der Waals surface area contributed by atoms with Gasteiger partial charge in [-0.1, -0.05) is 18.2 Å². The van der Waals surface area contributed by atoms with Crippen LogP contribution in [-0.4, -0.2) is 29.7 Å².